The Balaban J connectivity index is 1.27. The van der Waals surface area contributed by atoms with Gasteiger partial charge in [0.05, 0.1) is 24.9 Å². The second-order valence-corrected chi connectivity index (χ2v) is 13.2. The summed E-state index contributed by atoms with van der Waals surface area (Å²) in [5, 5.41) is 27.7. The summed E-state index contributed by atoms with van der Waals surface area (Å²) >= 11 is 0. The highest BCUT2D eigenvalue weighted by Crippen LogP contribution is 2.47. The standard InChI is InChI=1S/C40H42N6O6/c1-25(5-2-9-36(48)45-20-4-8-33(45)24-47)40(52)34-22-32(44-38(50)28-12-16-30(42)17-13-28)18-19-35(34)46(39(40)51)23-26-6-3-7-31(21-26)43-37(49)27-10-14-29(41)15-11-27/h2-3,5-7,10-19,21-22,25,33,47,52H,4,8-9,20,23-24,41-42H2,1H3,(H,43,49)(H,44,50)/b5-2+/t25-,33+,40+/m1/s1. The maximum absolute atomic E-state index is 14.3. The minimum absolute atomic E-state index is 0.0498. The van der Waals surface area contributed by atoms with Gasteiger partial charge in [-0.3, -0.25) is 19.2 Å². The number of nitrogen functional groups attached to an aromatic ring is 2. The lowest BCUT2D eigenvalue weighted by atomic mass is 9.82. The molecule has 2 aliphatic heterocycles. The molecule has 268 valence electrons. The van der Waals surface area contributed by atoms with Crippen LogP contribution < -0.4 is 27.0 Å². The first kappa shape index (κ1) is 35.8. The molecule has 0 unspecified atom stereocenters. The Morgan fingerprint density at radius 3 is 2.13 bits per heavy atom. The van der Waals surface area contributed by atoms with Gasteiger partial charge in [0.15, 0.2) is 5.60 Å². The minimum atomic E-state index is -2.04. The summed E-state index contributed by atoms with van der Waals surface area (Å²) in [6.45, 7) is 2.26. The number of rotatable bonds is 11. The number of hydrogen-bond donors (Lipinski definition) is 6. The maximum atomic E-state index is 14.3. The predicted molar refractivity (Wildman–Crippen MR) is 200 cm³/mol. The molecule has 0 radical (unpaired) electrons. The predicted octanol–water partition coefficient (Wildman–Crippen LogP) is 4.66. The summed E-state index contributed by atoms with van der Waals surface area (Å²) in [5.74, 6) is -2.21. The number of amides is 4. The fraction of sp³-hybridized carbons (Fsp3) is 0.250. The van der Waals surface area contributed by atoms with Crippen molar-refractivity contribution in [2.45, 2.75) is 44.4 Å². The molecule has 0 aromatic heterocycles. The molecular formula is C40H42N6O6. The molecule has 1 saturated heterocycles. The number of nitrogens with zero attached hydrogens (tertiary/aromatic N) is 2. The summed E-state index contributed by atoms with van der Waals surface area (Å²) in [6.07, 6.45) is 4.92. The van der Waals surface area contributed by atoms with Crippen molar-refractivity contribution in [3.8, 4) is 0 Å². The molecule has 2 aliphatic rings. The first-order chi connectivity index (χ1) is 25.0. The summed E-state index contributed by atoms with van der Waals surface area (Å²) < 4.78 is 0. The number of likely N-dealkylation sites (tertiary alicyclic amines) is 1. The first-order valence-corrected chi connectivity index (χ1v) is 17.2. The lowest BCUT2D eigenvalue weighted by Gasteiger charge is -2.28. The third-order valence-corrected chi connectivity index (χ3v) is 9.68. The molecule has 4 aromatic rings. The van der Waals surface area contributed by atoms with Crippen LogP contribution in [-0.2, 0) is 21.7 Å². The van der Waals surface area contributed by atoms with Crippen molar-refractivity contribution in [2.75, 3.05) is 40.2 Å². The number of nitrogens with two attached hydrogens (primary N) is 2. The van der Waals surface area contributed by atoms with E-state index < -0.39 is 23.3 Å². The number of carbonyl (C=O) groups is 4. The summed E-state index contributed by atoms with van der Waals surface area (Å²) in [6, 6.07) is 24.8. The number of carbonyl (C=O) groups excluding carboxylic acids is 4. The van der Waals surface area contributed by atoms with Crippen LogP contribution >= 0.6 is 0 Å². The quantitative estimate of drug-likeness (QED) is 0.0961. The average Bonchev–Trinajstić information content (AvgIpc) is 3.70. The molecule has 3 atom stereocenters. The van der Waals surface area contributed by atoms with E-state index >= 15 is 0 Å². The van der Waals surface area contributed by atoms with Crippen molar-refractivity contribution < 1.29 is 29.4 Å². The highest BCUT2D eigenvalue weighted by molar-refractivity contribution is 6.09. The first-order valence-electron chi connectivity index (χ1n) is 17.2. The molecule has 0 spiro atoms. The van der Waals surface area contributed by atoms with Crippen LogP contribution in [0.4, 0.5) is 28.4 Å². The molecular weight excluding hydrogens is 660 g/mol. The van der Waals surface area contributed by atoms with Gasteiger partial charge in [0, 0.05) is 58.3 Å². The van der Waals surface area contributed by atoms with Gasteiger partial charge in [-0.05, 0) is 97.3 Å². The van der Waals surface area contributed by atoms with Crippen LogP contribution in [0.25, 0.3) is 0 Å². The van der Waals surface area contributed by atoms with Crippen LogP contribution in [0.2, 0.25) is 0 Å². The number of fused-ring (bicyclic) bond motifs is 1. The number of aliphatic hydroxyl groups is 2. The Labute approximate surface area is 301 Å². The average molecular weight is 703 g/mol. The van der Waals surface area contributed by atoms with Gasteiger partial charge in [-0.1, -0.05) is 31.2 Å². The molecule has 2 heterocycles. The Morgan fingerprint density at radius 1 is 0.904 bits per heavy atom. The second kappa shape index (κ2) is 15.1. The van der Waals surface area contributed by atoms with E-state index in [0.29, 0.717) is 57.2 Å². The van der Waals surface area contributed by atoms with E-state index in [1.54, 1.807) is 109 Å². The van der Waals surface area contributed by atoms with Crippen molar-refractivity contribution in [1.82, 2.24) is 4.90 Å². The molecule has 12 nitrogen and oxygen atoms in total. The lowest BCUT2D eigenvalue weighted by molar-refractivity contribution is -0.139. The SMILES string of the molecule is C[C@H](/C=C/CC(=O)N1CCC[C@H]1CO)[C@@]1(O)C(=O)N(Cc2cccc(NC(=O)c3ccc(N)cc3)c2)c2ccc(NC(=O)c3ccc(N)cc3)cc21. The zero-order chi connectivity index (χ0) is 37.0. The molecule has 0 aliphatic carbocycles. The van der Waals surface area contributed by atoms with Gasteiger partial charge in [-0.2, -0.15) is 0 Å². The van der Waals surface area contributed by atoms with Gasteiger partial charge in [-0.25, -0.2) is 0 Å². The molecule has 12 heteroatoms. The van der Waals surface area contributed by atoms with Crippen LogP contribution in [0.1, 0.15) is 58.0 Å². The van der Waals surface area contributed by atoms with E-state index in [4.69, 9.17) is 11.5 Å². The monoisotopic (exact) mass is 702 g/mol. The second-order valence-electron chi connectivity index (χ2n) is 13.2. The number of anilines is 5. The number of hydrogen-bond acceptors (Lipinski definition) is 8. The normalized spacial score (nSPS) is 18.8. The van der Waals surface area contributed by atoms with Crippen molar-refractivity contribution >= 4 is 52.1 Å². The molecule has 52 heavy (non-hydrogen) atoms. The van der Waals surface area contributed by atoms with Gasteiger partial charge in [-0.15, -0.1) is 0 Å². The van der Waals surface area contributed by atoms with Crippen molar-refractivity contribution in [2.24, 2.45) is 5.92 Å². The largest absolute Gasteiger partial charge is 0.399 e. The van der Waals surface area contributed by atoms with E-state index in [2.05, 4.69) is 10.6 Å². The van der Waals surface area contributed by atoms with Crippen LogP contribution in [0, 0.1) is 5.92 Å². The Morgan fingerprint density at radius 2 is 1.52 bits per heavy atom. The maximum Gasteiger partial charge on any atom is 0.264 e. The van der Waals surface area contributed by atoms with Crippen LogP contribution in [0.3, 0.4) is 0 Å². The van der Waals surface area contributed by atoms with Crippen molar-refractivity contribution in [1.29, 1.82) is 0 Å². The lowest BCUT2D eigenvalue weighted by Crippen LogP contribution is -2.44. The van der Waals surface area contributed by atoms with Crippen molar-refractivity contribution in [3.05, 3.63) is 125 Å². The molecule has 1 fully saturated rings. The van der Waals surface area contributed by atoms with Gasteiger partial charge in [0.25, 0.3) is 17.7 Å². The fourth-order valence-corrected chi connectivity index (χ4v) is 6.77. The molecule has 8 N–H and O–H groups in total. The molecule has 6 rings (SSSR count). The Kier molecular flexibility index (Phi) is 10.4. The number of benzene rings is 4. The summed E-state index contributed by atoms with van der Waals surface area (Å²) in [5.41, 5.74) is 13.7. The molecule has 0 saturated carbocycles. The molecule has 0 bridgehead atoms. The van der Waals surface area contributed by atoms with E-state index in [0.717, 1.165) is 12.8 Å². The zero-order valence-electron chi connectivity index (χ0n) is 28.8. The molecule has 4 aromatic carbocycles. The van der Waals surface area contributed by atoms with E-state index in [-0.39, 0.29) is 37.4 Å². The van der Waals surface area contributed by atoms with Crippen LogP contribution in [0.5, 0.6) is 0 Å². The highest BCUT2D eigenvalue weighted by atomic mass is 16.3. The van der Waals surface area contributed by atoms with E-state index in [9.17, 15) is 29.4 Å². The third kappa shape index (κ3) is 7.39. The number of aliphatic hydroxyl groups excluding tert-OH is 1. The fourth-order valence-electron chi connectivity index (χ4n) is 6.77. The summed E-state index contributed by atoms with van der Waals surface area (Å²) in [4.78, 5) is 56.4. The van der Waals surface area contributed by atoms with Gasteiger partial charge in [0.1, 0.15) is 0 Å². The van der Waals surface area contributed by atoms with Crippen LogP contribution in [-0.4, -0.2) is 57.9 Å². The summed E-state index contributed by atoms with van der Waals surface area (Å²) in [7, 11) is 0. The topological polar surface area (TPSA) is 191 Å². The van der Waals surface area contributed by atoms with Gasteiger partial charge >= 0.3 is 0 Å². The van der Waals surface area contributed by atoms with E-state index in [1.807, 2.05) is 6.07 Å². The Bertz CT molecular complexity index is 2010. The van der Waals surface area contributed by atoms with Crippen LogP contribution in [0.15, 0.2) is 103 Å². The number of nitrogens with one attached hydrogen (secondary N) is 2. The van der Waals surface area contributed by atoms with Crippen molar-refractivity contribution in [3.63, 3.8) is 0 Å². The third-order valence-electron chi connectivity index (χ3n) is 9.68. The van der Waals surface area contributed by atoms with Gasteiger partial charge < -0.3 is 42.1 Å². The highest BCUT2D eigenvalue weighted by Gasteiger charge is 2.52. The van der Waals surface area contributed by atoms with E-state index in [1.165, 1.54) is 4.90 Å². The smallest absolute Gasteiger partial charge is 0.264 e. The minimum Gasteiger partial charge on any atom is -0.399 e. The molecule has 4 amide bonds. The van der Waals surface area contributed by atoms with Gasteiger partial charge in [0.2, 0.25) is 5.91 Å². The Hall–Kier alpha value is -5.98. The zero-order valence-corrected chi connectivity index (χ0v) is 28.8.